The molecule has 0 heterocycles. The Hall–Kier alpha value is -1.93. The zero-order chi connectivity index (χ0) is 15.3. The van der Waals surface area contributed by atoms with E-state index in [4.69, 9.17) is 10.8 Å². The average molecular weight is 300 g/mol. The first-order valence-corrected chi connectivity index (χ1v) is 7.82. The number of carbonyl (C=O) groups excluding carboxylic acids is 1. The van der Waals surface area contributed by atoms with Gasteiger partial charge in [0.1, 0.15) is 9.84 Å². The summed E-state index contributed by atoms with van der Waals surface area (Å²) in [6.45, 7) is 0. The van der Waals surface area contributed by atoms with Crippen LogP contribution in [0.25, 0.3) is 0 Å². The molecule has 1 amide bonds. The molecule has 4 N–H and O–H groups in total. The summed E-state index contributed by atoms with van der Waals surface area (Å²) in [5.74, 6) is -1.75. The molecule has 0 aromatic heterocycles. The van der Waals surface area contributed by atoms with Gasteiger partial charge in [0.25, 0.3) is 0 Å². The van der Waals surface area contributed by atoms with Gasteiger partial charge in [-0.3, -0.25) is 4.79 Å². The third-order valence-electron chi connectivity index (χ3n) is 2.54. The molecule has 7 nitrogen and oxygen atoms in total. The first kappa shape index (κ1) is 16.1. The third kappa shape index (κ3) is 5.37. The SMILES string of the molecule is CS(=O)(=O)CCC(N)C(=O)Nc1ccc(C(=O)O)cc1. The van der Waals surface area contributed by atoms with Crippen molar-refractivity contribution in [3.05, 3.63) is 29.8 Å². The van der Waals surface area contributed by atoms with Gasteiger partial charge in [0.05, 0.1) is 17.4 Å². The van der Waals surface area contributed by atoms with Crippen LogP contribution in [-0.2, 0) is 14.6 Å². The maximum absolute atomic E-state index is 11.7. The fourth-order valence-electron chi connectivity index (χ4n) is 1.40. The second kappa shape index (κ2) is 6.49. The maximum Gasteiger partial charge on any atom is 0.335 e. The Labute approximate surface area is 116 Å². The highest BCUT2D eigenvalue weighted by Crippen LogP contribution is 2.10. The van der Waals surface area contributed by atoms with E-state index in [1.165, 1.54) is 24.3 Å². The fraction of sp³-hybridized carbons (Fsp3) is 0.333. The Balaban J connectivity index is 2.59. The fourth-order valence-corrected chi connectivity index (χ4v) is 2.09. The number of hydrogen-bond acceptors (Lipinski definition) is 5. The molecule has 1 rings (SSSR count). The van der Waals surface area contributed by atoms with E-state index in [9.17, 15) is 18.0 Å². The molecule has 20 heavy (non-hydrogen) atoms. The standard InChI is InChI=1S/C12H16N2O5S/c1-20(18,19)7-6-10(13)11(15)14-9-4-2-8(3-5-9)12(16)17/h2-5,10H,6-7,13H2,1H3,(H,14,15)(H,16,17). The topological polar surface area (TPSA) is 127 Å². The number of carbonyl (C=O) groups is 2. The van der Waals surface area contributed by atoms with Crippen LogP contribution in [0.15, 0.2) is 24.3 Å². The summed E-state index contributed by atoms with van der Waals surface area (Å²) in [6.07, 6.45) is 1.10. The minimum absolute atomic E-state index is 0.0257. The summed E-state index contributed by atoms with van der Waals surface area (Å²) in [7, 11) is -3.17. The highest BCUT2D eigenvalue weighted by Gasteiger charge is 2.16. The number of carboxylic acids is 1. The number of anilines is 1. The van der Waals surface area contributed by atoms with Gasteiger partial charge in [-0.2, -0.15) is 0 Å². The number of amides is 1. The molecule has 110 valence electrons. The summed E-state index contributed by atoms with van der Waals surface area (Å²) in [4.78, 5) is 22.4. The summed E-state index contributed by atoms with van der Waals surface area (Å²) >= 11 is 0. The lowest BCUT2D eigenvalue weighted by Gasteiger charge is -2.11. The number of benzene rings is 1. The lowest BCUT2D eigenvalue weighted by Crippen LogP contribution is -2.37. The van der Waals surface area contributed by atoms with Crippen molar-refractivity contribution in [2.24, 2.45) is 5.73 Å². The third-order valence-corrected chi connectivity index (χ3v) is 3.51. The molecule has 0 aliphatic carbocycles. The summed E-state index contributed by atoms with van der Waals surface area (Å²) in [5, 5.41) is 11.2. The Kier molecular flexibility index (Phi) is 5.23. The monoisotopic (exact) mass is 300 g/mol. The van der Waals surface area contributed by atoms with Gasteiger partial charge in [0.2, 0.25) is 5.91 Å². The zero-order valence-corrected chi connectivity index (χ0v) is 11.7. The Morgan fingerprint density at radius 3 is 2.30 bits per heavy atom. The second-order valence-electron chi connectivity index (χ2n) is 4.40. The molecule has 0 saturated carbocycles. The lowest BCUT2D eigenvalue weighted by molar-refractivity contribution is -0.117. The zero-order valence-electron chi connectivity index (χ0n) is 10.9. The second-order valence-corrected chi connectivity index (χ2v) is 6.66. The molecular formula is C12H16N2O5S. The first-order valence-electron chi connectivity index (χ1n) is 5.76. The molecular weight excluding hydrogens is 284 g/mol. The summed E-state index contributed by atoms with van der Waals surface area (Å²) in [5.41, 5.74) is 6.08. The molecule has 1 aromatic carbocycles. The van der Waals surface area contributed by atoms with Gasteiger partial charge in [-0.25, -0.2) is 13.2 Å². The largest absolute Gasteiger partial charge is 0.478 e. The van der Waals surface area contributed by atoms with Crippen LogP contribution in [0, 0.1) is 0 Å². The van der Waals surface area contributed by atoms with Crippen molar-refractivity contribution in [1.82, 2.24) is 0 Å². The van der Waals surface area contributed by atoms with Crippen molar-refractivity contribution in [3.8, 4) is 0 Å². The van der Waals surface area contributed by atoms with Crippen LogP contribution in [0.4, 0.5) is 5.69 Å². The maximum atomic E-state index is 11.7. The van der Waals surface area contributed by atoms with Crippen LogP contribution in [0.1, 0.15) is 16.8 Å². The van der Waals surface area contributed by atoms with E-state index in [1.807, 2.05) is 0 Å². The molecule has 8 heteroatoms. The number of carboxylic acid groups (broad SMARTS) is 1. The smallest absolute Gasteiger partial charge is 0.335 e. The van der Waals surface area contributed by atoms with Crippen molar-refractivity contribution in [3.63, 3.8) is 0 Å². The number of aromatic carboxylic acids is 1. The molecule has 1 atom stereocenters. The van der Waals surface area contributed by atoms with Gasteiger partial charge in [-0.15, -0.1) is 0 Å². The van der Waals surface area contributed by atoms with E-state index in [2.05, 4.69) is 5.32 Å². The summed E-state index contributed by atoms with van der Waals surface area (Å²) in [6, 6.07) is 4.62. The molecule has 1 aromatic rings. The van der Waals surface area contributed by atoms with Gasteiger partial charge in [-0.05, 0) is 30.7 Å². The van der Waals surface area contributed by atoms with Gasteiger partial charge in [0.15, 0.2) is 0 Å². The van der Waals surface area contributed by atoms with Crippen molar-refractivity contribution < 1.29 is 23.1 Å². The van der Waals surface area contributed by atoms with Gasteiger partial charge >= 0.3 is 5.97 Å². The minimum Gasteiger partial charge on any atom is -0.478 e. The van der Waals surface area contributed by atoms with Crippen LogP contribution >= 0.6 is 0 Å². The highest BCUT2D eigenvalue weighted by molar-refractivity contribution is 7.90. The van der Waals surface area contributed by atoms with Crippen LogP contribution < -0.4 is 11.1 Å². The van der Waals surface area contributed by atoms with E-state index < -0.39 is 27.8 Å². The van der Waals surface area contributed by atoms with E-state index in [0.29, 0.717) is 5.69 Å². The molecule has 0 radical (unpaired) electrons. The number of nitrogens with two attached hydrogens (primary N) is 1. The van der Waals surface area contributed by atoms with Crippen molar-refractivity contribution in [2.75, 3.05) is 17.3 Å². The van der Waals surface area contributed by atoms with E-state index in [-0.39, 0.29) is 17.7 Å². The van der Waals surface area contributed by atoms with E-state index in [0.717, 1.165) is 6.26 Å². The Morgan fingerprint density at radius 1 is 1.30 bits per heavy atom. The van der Waals surface area contributed by atoms with Gasteiger partial charge in [0, 0.05) is 11.9 Å². The van der Waals surface area contributed by atoms with Crippen molar-refractivity contribution >= 4 is 27.4 Å². The normalized spacial score (nSPS) is 12.7. The number of hydrogen-bond donors (Lipinski definition) is 3. The Bertz CT molecular complexity index is 595. The van der Waals surface area contributed by atoms with Crippen molar-refractivity contribution in [2.45, 2.75) is 12.5 Å². The van der Waals surface area contributed by atoms with Gasteiger partial charge < -0.3 is 16.2 Å². The summed E-state index contributed by atoms with van der Waals surface area (Å²) < 4.78 is 22.0. The van der Waals surface area contributed by atoms with Crippen molar-refractivity contribution in [1.29, 1.82) is 0 Å². The quantitative estimate of drug-likeness (QED) is 0.683. The highest BCUT2D eigenvalue weighted by atomic mass is 32.2. The van der Waals surface area contributed by atoms with E-state index in [1.54, 1.807) is 0 Å². The number of sulfone groups is 1. The van der Waals surface area contributed by atoms with Crippen LogP contribution in [-0.4, -0.2) is 43.5 Å². The molecule has 0 bridgehead atoms. The Morgan fingerprint density at radius 2 is 1.85 bits per heavy atom. The van der Waals surface area contributed by atoms with Crippen LogP contribution in [0.3, 0.4) is 0 Å². The first-order chi connectivity index (χ1) is 9.19. The number of rotatable bonds is 6. The number of nitrogens with one attached hydrogen (secondary N) is 1. The van der Waals surface area contributed by atoms with E-state index >= 15 is 0 Å². The molecule has 0 saturated heterocycles. The van der Waals surface area contributed by atoms with Crippen LogP contribution in [0.5, 0.6) is 0 Å². The predicted molar refractivity (Wildman–Crippen MR) is 74.3 cm³/mol. The molecule has 0 spiro atoms. The molecule has 0 aliphatic heterocycles. The predicted octanol–water partition coefficient (Wildman–Crippen LogP) is 0.0853. The average Bonchev–Trinajstić information content (AvgIpc) is 2.35. The minimum atomic E-state index is -3.17. The molecule has 0 fully saturated rings. The van der Waals surface area contributed by atoms with Gasteiger partial charge in [-0.1, -0.05) is 0 Å². The molecule has 0 aliphatic rings. The van der Waals surface area contributed by atoms with Crippen LogP contribution in [0.2, 0.25) is 0 Å². The lowest BCUT2D eigenvalue weighted by atomic mass is 10.2. The molecule has 1 unspecified atom stereocenters.